The maximum atomic E-state index is 5.02. The number of guanidine groups is 1. The maximum Gasteiger partial charge on any atom is 0.191 e. The van der Waals surface area contributed by atoms with Crippen molar-refractivity contribution in [3.05, 3.63) is 42.1 Å². The van der Waals surface area contributed by atoms with Crippen LogP contribution in [0.5, 0.6) is 0 Å². The third kappa shape index (κ3) is 6.08. The van der Waals surface area contributed by atoms with E-state index in [9.17, 15) is 0 Å². The van der Waals surface area contributed by atoms with Crippen LogP contribution in [0.1, 0.15) is 17.8 Å². The Kier molecular flexibility index (Phi) is 9.31. The normalized spacial score (nSPS) is 11.0. The number of pyridine rings is 1. The quantitative estimate of drug-likeness (QED) is 0.295. The van der Waals surface area contributed by atoms with Crippen molar-refractivity contribution in [1.29, 1.82) is 0 Å². The van der Waals surface area contributed by atoms with Gasteiger partial charge in [0.2, 0.25) is 0 Å². The monoisotopic (exact) mass is 444 g/mol. The van der Waals surface area contributed by atoms with Gasteiger partial charge in [0.1, 0.15) is 11.6 Å². The van der Waals surface area contributed by atoms with Gasteiger partial charge in [0.15, 0.2) is 5.96 Å². The predicted molar refractivity (Wildman–Crippen MR) is 106 cm³/mol. The molecule has 0 spiro atoms. The maximum absolute atomic E-state index is 5.02. The molecule has 2 rings (SSSR count). The number of ether oxygens (including phenoxy) is 1. The van der Waals surface area contributed by atoms with Gasteiger partial charge in [-0.05, 0) is 25.0 Å². The minimum atomic E-state index is 0. The Hall–Kier alpha value is -1.68. The first-order chi connectivity index (χ1) is 11.2. The summed E-state index contributed by atoms with van der Waals surface area (Å²) in [6.45, 7) is 4.18. The zero-order valence-corrected chi connectivity index (χ0v) is 16.7. The second-order valence-electron chi connectivity index (χ2n) is 5.07. The molecule has 8 heteroatoms. The largest absolute Gasteiger partial charge is 0.385 e. The van der Waals surface area contributed by atoms with Crippen LogP contribution in [0, 0.1) is 6.92 Å². The highest BCUT2D eigenvalue weighted by molar-refractivity contribution is 14.0. The molecule has 0 bridgehead atoms. The molecule has 132 valence electrons. The lowest BCUT2D eigenvalue weighted by atomic mass is 10.3. The number of rotatable bonds is 7. The van der Waals surface area contributed by atoms with Gasteiger partial charge in [0.05, 0.1) is 0 Å². The van der Waals surface area contributed by atoms with Gasteiger partial charge in [-0.15, -0.1) is 24.0 Å². The standard InChI is InChI=1S/C16H24N6O.HI/c1-13-18-8-9-22(13)15-6-5-14(11-20-15)12-21-16(17-2)19-7-4-10-23-3;/h5-6,8-9,11H,4,7,10,12H2,1-3H3,(H2,17,19,21);1H. The summed E-state index contributed by atoms with van der Waals surface area (Å²) in [6.07, 6.45) is 6.48. The molecule has 0 aliphatic carbocycles. The predicted octanol–water partition coefficient (Wildman–Crippen LogP) is 1.90. The highest BCUT2D eigenvalue weighted by atomic mass is 127. The van der Waals surface area contributed by atoms with Gasteiger partial charge in [-0.3, -0.25) is 9.56 Å². The van der Waals surface area contributed by atoms with Crippen molar-refractivity contribution in [3.8, 4) is 5.82 Å². The Morgan fingerprint density at radius 2 is 2.12 bits per heavy atom. The van der Waals surface area contributed by atoms with E-state index in [1.165, 1.54) is 0 Å². The van der Waals surface area contributed by atoms with Crippen LogP contribution in [0.2, 0.25) is 0 Å². The third-order valence-corrected chi connectivity index (χ3v) is 3.38. The Morgan fingerprint density at radius 3 is 2.71 bits per heavy atom. The minimum Gasteiger partial charge on any atom is -0.385 e. The number of aliphatic imine (C=N–C) groups is 1. The average Bonchev–Trinajstić information content (AvgIpc) is 3.01. The zero-order valence-electron chi connectivity index (χ0n) is 14.3. The lowest BCUT2D eigenvalue weighted by Gasteiger charge is -2.12. The number of nitrogens with zero attached hydrogens (tertiary/aromatic N) is 4. The molecule has 0 aliphatic rings. The van der Waals surface area contributed by atoms with Crippen LogP contribution in [-0.4, -0.2) is 47.8 Å². The number of methoxy groups -OCH3 is 1. The second kappa shape index (κ2) is 11.0. The molecule has 0 saturated heterocycles. The van der Waals surface area contributed by atoms with Crippen LogP contribution < -0.4 is 10.6 Å². The van der Waals surface area contributed by atoms with Crippen molar-refractivity contribution in [2.45, 2.75) is 19.9 Å². The molecule has 0 radical (unpaired) electrons. The topological polar surface area (TPSA) is 76.4 Å². The number of hydrogen-bond acceptors (Lipinski definition) is 4. The van der Waals surface area contributed by atoms with Crippen LogP contribution in [0.15, 0.2) is 35.7 Å². The van der Waals surface area contributed by atoms with Gasteiger partial charge in [0, 0.05) is 52.4 Å². The zero-order chi connectivity index (χ0) is 16.5. The van der Waals surface area contributed by atoms with E-state index in [1.807, 2.05) is 36.0 Å². The van der Waals surface area contributed by atoms with Gasteiger partial charge in [0.25, 0.3) is 0 Å². The summed E-state index contributed by atoms with van der Waals surface area (Å²) in [7, 11) is 3.46. The second-order valence-corrected chi connectivity index (χ2v) is 5.07. The van der Waals surface area contributed by atoms with Gasteiger partial charge in [-0.25, -0.2) is 9.97 Å². The summed E-state index contributed by atoms with van der Waals surface area (Å²) < 4.78 is 6.97. The van der Waals surface area contributed by atoms with Crippen molar-refractivity contribution in [1.82, 2.24) is 25.2 Å². The smallest absolute Gasteiger partial charge is 0.191 e. The molecule has 24 heavy (non-hydrogen) atoms. The lowest BCUT2D eigenvalue weighted by molar-refractivity contribution is 0.195. The Bertz CT molecular complexity index is 626. The highest BCUT2D eigenvalue weighted by Crippen LogP contribution is 2.08. The van der Waals surface area contributed by atoms with Crippen molar-refractivity contribution >= 4 is 29.9 Å². The SMILES string of the molecule is CN=C(NCCCOC)NCc1ccc(-n2ccnc2C)nc1.I. The number of aromatic nitrogens is 3. The summed E-state index contributed by atoms with van der Waals surface area (Å²) in [6, 6.07) is 4.04. The molecular formula is C16H25IN6O. The molecule has 2 N–H and O–H groups in total. The minimum absolute atomic E-state index is 0. The van der Waals surface area contributed by atoms with E-state index in [0.717, 1.165) is 42.7 Å². The molecule has 0 aliphatic heterocycles. The Labute approximate surface area is 160 Å². The fraction of sp³-hybridized carbons (Fsp3) is 0.438. The van der Waals surface area contributed by atoms with Crippen LogP contribution in [-0.2, 0) is 11.3 Å². The first-order valence-corrected chi connectivity index (χ1v) is 7.63. The molecule has 0 atom stereocenters. The van der Waals surface area contributed by atoms with Gasteiger partial charge in [-0.2, -0.15) is 0 Å². The van der Waals surface area contributed by atoms with E-state index in [-0.39, 0.29) is 24.0 Å². The third-order valence-electron chi connectivity index (χ3n) is 3.38. The molecular weight excluding hydrogens is 419 g/mol. The van der Waals surface area contributed by atoms with Crippen LogP contribution in [0.4, 0.5) is 0 Å². The first-order valence-electron chi connectivity index (χ1n) is 7.63. The molecule has 0 amide bonds. The van der Waals surface area contributed by atoms with Crippen LogP contribution in [0.25, 0.3) is 5.82 Å². The summed E-state index contributed by atoms with van der Waals surface area (Å²) in [4.78, 5) is 12.9. The number of halogens is 1. The number of nitrogens with one attached hydrogen (secondary N) is 2. The molecule has 0 unspecified atom stereocenters. The molecule has 0 aromatic carbocycles. The summed E-state index contributed by atoms with van der Waals surface area (Å²) >= 11 is 0. The highest BCUT2D eigenvalue weighted by Gasteiger charge is 2.03. The van der Waals surface area contributed by atoms with E-state index in [0.29, 0.717) is 6.54 Å². The van der Waals surface area contributed by atoms with Crippen molar-refractivity contribution in [2.75, 3.05) is 27.3 Å². The van der Waals surface area contributed by atoms with Crippen LogP contribution >= 0.6 is 24.0 Å². The van der Waals surface area contributed by atoms with Crippen molar-refractivity contribution < 1.29 is 4.74 Å². The van der Waals surface area contributed by atoms with E-state index in [4.69, 9.17) is 4.74 Å². The van der Waals surface area contributed by atoms with Crippen molar-refractivity contribution in [2.24, 2.45) is 4.99 Å². The summed E-state index contributed by atoms with van der Waals surface area (Å²) in [5.41, 5.74) is 1.09. The van der Waals surface area contributed by atoms with E-state index in [1.54, 1.807) is 20.4 Å². The van der Waals surface area contributed by atoms with E-state index >= 15 is 0 Å². The summed E-state index contributed by atoms with van der Waals surface area (Å²) in [5.74, 6) is 2.56. The van der Waals surface area contributed by atoms with Gasteiger partial charge in [-0.1, -0.05) is 6.07 Å². The van der Waals surface area contributed by atoms with E-state index in [2.05, 4.69) is 25.6 Å². The molecule has 0 saturated carbocycles. The van der Waals surface area contributed by atoms with Gasteiger partial charge < -0.3 is 15.4 Å². The number of imidazole rings is 1. The number of hydrogen-bond donors (Lipinski definition) is 2. The summed E-state index contributed by atoms with van der Waals surface area (Å²) in [5, 5.41) is 6.51. The lowest BCUT2D eigenvalue weighted by Crippen LogP contribution is -2.37. The molecule has 2 heterocycles. The number of aryl methyl sites for hydroxylation is 1. The Balaban J connectivity index is 0.00000288. The molecule has 2 aromatic rings. The fourth-order valence-electron chi connectivity index (χ4n) is 2.11. The first kappa shape index (κ1) is 20.4. The van der Waals surface area contributed by atoms with Gasteiger partial charge >= 0.3 is 0 Å². The Morgan fingerprint density at radius 1 is 1.29 bits per heavy atom. The fourth-order valence-corrected chi connectivity index (χ4v) is 2.11. The van der Waals surface area contributed by atoms with E-state index < -0.39 is 0 Å². The van der Waals surface area contributed by atoms with Crippen molar-refractivity contribution in [3.63, 3.8) is 0 Å². The molecule has 2 aromatic heterocycles. The molecule has 0 fully saturated rings. The average molecular weight is 444 g/mol. The van der Waals surface area contributed by atoms with Crippen LogP contribution in [0.3, 0.4) is 0 Å². The molecule has 7 nitrogen and oxygen atoms in total.